The molecule has 32 heteroatoms. The number of amides is 11. The van der Waals surface area contributed by atoms with E-state index in [-0.39, 0.29) is 168 Å². The summed E-state index contributed by atoms with van der Waals surface area (Å²) in [6, 6.07) is 9.34. The van der Waals surface area contributed by atoms with Gasteiger partial charge in [0.25, 0.3) is 23.6 Å². The molecule has 2 saturated heterocycles. The highest BCUT2D eigenvalue weighted by Gasteiger charge is 2.46. The van der Waals surface area contributed by atoms with Crippen molar-refractivity contribution in [2.45, 2.75) is 244 Å². The molecule has 28 nitrogen and oxygen atoms in total. The van der Waals surface area contributed by atoms with Crippen LogP contribution in [-0.4, -0.2) is 199 Å². The molecule has 0 unspecified atom stereocenters. The van der Waals surface area contributed by atoms with Crippen LogP contribution < -0.4 is 56.6 Å². The summed E-state index contributed by atoms with van der Waals surface area (Å²) in [5.74, 6) is -1.36. The molecule has 1 aliphatic carbocycles. The molecule has 1 saturated carbocycles. The molecule has 8 N–H and O–H groups in total. The van der Waals surface area contributed by atoms with E-state index in [9.17, 15) is 38.4 Å². The van der Waals surface area contributed by atoms with E-state index in [1.165, 1.54) is 38.5 Å². The van der Waals surface area contributed by atoms with Gasteiger partial charge in [-0.05, 0) is 148 Å². The number of anilines is 3. The number of ether oxygens (including phenoxy) is 6. The number of primary amides is 1. The zero-order valence-corrected chi connectivity index (χ0v) is 75.0. The van der Waals surface area contributed by atoms with Crippen LogP contribution in [0.15, 0.2) is 72.8 Å². The molecule has 3 heterocycles. The van der Waals surface area contributed by atoms with Crippen molar-refractivity contribution in [2.24, 2.45) is 17.1 Å². The topological polar surface area (TPSA) is 352 Å². The van der Waals surface area contributed by atoms with Crippen LogP contribution in [0, 0.1) is 11.3 Å². The minimum absolute atomic E-state index is 0.0332. The summed E-state index contributed by atoms with van der Waals surface area (Å²) in [6.07, 6.45) is 9.72. The van der Waals surface area contributed by atoms with Crippen molar-refractivity contribution in [3.05, 3.63) is 89.5 Å². The average Bonchev–Trinajstić information content (AvgIpc) is 1.38. The van der Waals surface area contributed by atoms with Gasteiger partial charge in [-0.25, -0.2) is 14.4 Å². The molecule has 3 aromatic carbocycles. The number of rotatable bonds is 43. The van der Waals surface area contributed by atoms with E-state index in [2.05, 4.69) is 127 Å². The summed E-state index contributed by atoms with van der Waals surface area (Å²) in [5, 5.41) is 16.5. The fourth-order valence-corrected chi connectivity index (χ4v) is 18.4. The Kier molecular flexibility index (Phi) is 35.1. The van der Waals surface area contributed by atoms with Gasteiger partial charge in [0.1, 0.15) is 25.3 Å². The standard InChI is InChI=1S/C84H128N10O18S2Si2/c1-19-113-114-84(37-23-24-38-84)54-110-80(104)90-65-47-69(67(106-14)45-62(65)77(101)94-53-83(11,12)48-60(94)52-112-116(17,18)82(8,9)10)108-42-27-21-26-41-107-68-46-64(61(44-66(68)105-13)76(100)93-49-56(4)43-59(93)51-111-115(15,16)81(5,6)7)89-79(103)109-50-57-31-33-58(34-32-57)87-74(98)63(29-28-39-86-78(85)102)88-75(99)73(55(2)3)91-70(95)30-22-20-25-40-92-71(96)35-36-72(92)97/h31-36,44-47,55,59-60,63,73H,4,19-30,37-43,48-54H2,1-3,5-18H3,(H,87,98)(H,88,99)(H,89,103)(H,90,104)(H,91,95)(H3,85,86,102)/t59-,60-,63-,73-/m0/s1. The number of nitrogens with zero attached hydrogens (tertiary/aromatic N) is 3. The Balaban J connectivity index is 1.03. The maximum Gasteiger partial charge on any atom is 0.411 e. The third-order valence-corrected chi connectivity index (χ3v) is 34.8. The fraction of sp³-hybridized carbons (Fsp3) is 0.619. The van der Waals surface area contributed by atoms with E-state index in [4.69, 9.17) is 43.0 Å². The molecular formula is C84H128N10O18S2Si2. The van der Waals surface area contributed by atoms with E-state index in [1.807, 2.05) is 4.90 Å². The van der Waals surface area contributed by atoms with Crippen LogP contribution >= 0.6 is 21.6 Å². The van der Waals surface area contributed by atoms with Crippen LogP contribution in [0.1, 0.15) is 199 Å². The third kappa shape index (κ3) is 27.6. The number of nitrogens with two attached hydrogens (primary N) is 1. The molecule has 0 radical (unpaired) electrons. The lowest BCUT2D eigenvalue weighted by molar-refractivity contribution is -0.137. The van der Waals surface area contributed by atoms with E-state index < -0.39 is 64.7 Å². The lowest BCUT2D eigenvalue weighted by Gasteiger charge is -2.38. The van der Waals surface area contributed by atoms with Crippen molar-refractivity contribution in [2.75, 3.05) is 95.1 Å². The van der Waals surface area contributed by atoms with Gasteiger partial charge in [-0.1, -0.05) is 141 Å². The summed E-state index contributed by atoms with van der Waals surface area (Å²) in [7, 11) is 2.08. The summed E-state index contributed by atoms with van der Waals surface area (Å²) >= 11 is 0. The first-order chi connectivity index (χ1) is 54.6. The van der Waals surface area contributed by atoms with Gasteiger partial charge in [0.05, 0.1) is 80.0 Å². The zero-order valence-electron chi connectivity index (χ0n) is 71.3. The predicted molar refractivity (Wildman–Crippen MR) is 460 cm³/mol. The lowest BCUT2D eigenvalue weighted by Crippen LogP contribution is -2.54. The number of benzene rings is 3. The molecule has 11 amide bonds. The number of likely N-dealkylation sites (tertiary alicyclic amines) is 2. The highest BCUT2D eigenvalue weighted by molar-refractivity contribution is 8.77. The highest BCUT2D eigenvalue weighted by atomic mass is 33.1. The maximum atomic E-state index is 15.1. The number of carbonyl (C=O) groups is 10. The predicted octanol–water partition coefficient (Wildman–Crippen LogP) is 14.9. The van der Waals surface area contributed by atoms with E-state index in [0.717, 1.165) is 48.3 Å². The molecule has 7 rings (SSSR count). The van der Waals surface area contributed by atoms with Gasteiger partial charge in [0, 0.05) is 68.3 Å². The smallest absolute Gasteiger partial charge is 0.411 e. The Morgan fingerprint density at radius 1 is 0.672 bits per heavy atom. The van der Waals surface area contributed by atoms with Gasteiger partial charge in [0.2, 0.25) is 17.7 Å². The first-order valence-corrected chi connectivity index (χ1v) is 48.7. The monoisotopic (exact) mass is 1680 g/mol. The summed E-state index contributed by atoms with van der Waals surface area (Å²) in [4.78, 5) is 139. The van der Waals surface area contributed by atoms with Crippen molar-refractivity contribution in [1.29, 1.82) is 0 Å². The minimum Gasteiger partial charge on any atom is -0.493 e. The molecule has 3 aromatic rings. The molecule has 642 valence electrons. The molecule has 4 atom stereocenters. The van der Waals surface area contributed by atoms with Gasteiger partial charge in [-0.3, -0.25) is 49.1 Å². The Morgan fingerprint density at radius 2 is 1.22 bits per heavy atom. The van der Waals surface area contributed by atoms with Crippen LogP contribution in [0.25, 0.3) is 0 Å². The Bertz CT molecular complexity index is 3950. The SMILES string of the molecule is C=C1C[C@@H](CO[Si](C)(C)C(C)(C)C)N(C(=O)c2cc(OC)c(OCCCCCOc3cc(NC(=O)OCC4(SSCC)CCCC4)c(C(=O)N4CC(C)(C)C[C@H]4CO[Si](C)(C)C(C)(C)C)cc3OC)cc2NC(=O)OCc2ccc(NC(=O)[C@H](CCCNC(N)=O)NC(=O)[C@@H](NC(=O)CCCCCN3C(=O)C=CC3=O)C(C)C)cc2)C1. The molecule has 0 spiro atoms. The number of imide groups is 1. The number of unbranched alkanes of at least 4 members (excludes halogenated alkanes) is 4. The Hall–Kier alpha value is -8.31. The maximum absolute atomic E-state index is 15.1. The molecule has 116 heavy (non-hydrogen) atoms. The van der Waals surface area contributed by atoms with Crippen LogP contribution in [-0.2, 0) is 48.9 Å². The second kappa shape index (κ2) is 42.9. The van der Waals surface area contributed by atoms with Gasteiger partial charge in [0.15, 0.2) is 39.6 Å². The molecule has 3 fully saturated rings. The highest BCUT2D eigenvalue weighted by Crippen LogP contribution is 2.48. The molecule has 0 bridgehead atoms. The first kappa shape index (κ1) is 94.8. The quantitative estimate of drug-likeness (QED) is 0.00909. The van der Waals surface area contributed by atoms with Crippen molar-refractivity contribution in [1.82, 2.24) is 30.7 Å². The van der Waals surface area contributed by atoms with Crippen molar-refractivity contribution < 1.29 is 85.2 Å². The third-order valence-electron chi connectivity index (χ3n) is 22.4. The van der Waals surface area contributed by atoms with Gasteiger partial charge in [-0.15, -0.1) is 0 Å². The van der Waals surface area contributed by atoms with Crippen molar-refractivity contribution in [3.8, 4) is 23.0 Å². The van der Waals surface area contributed by atoms with Gasteiger partial charge in [-0.2, -0.15) is 0 Å². The van der Waals surface area contributed by atoms with Gasteiger partial charge < -0.3 is 74.1 Å². The number of urea groups is 1. The summed E-state index contributed by atoms with van der Waals surface area (Å²) in [6.45, 7) is 38.1. The number of hydrogen-bond donors (Lipinski definition) is 7. The fourth-order valence-electron chi connectivity index (χ4n) is 13.6. The second-order valence-corrected chi connectivity index (χ2v) is 47.4. The Labute approximate surface area is 695 Å². The second-order valence-electron chi connectivity index (χ2n) is 34.7. The normalized spacial score (nSPS) is 17.2. The number of methoxy groups -OCH3 is 2. The molecule has 0 aromatic heterocycles. The lowest BCUT2D eigenvalue weighted by atomic mass is 9.91. The number of carbonyl (C=O) groups excluding carboxylic acids is 10. The van der Waals surface area contributed by atoms with Crippen LogP contribution in [0.5, 0.6) is 23.0 Å². The van der Waals surface area contributed by atoms with Gasteiger partial charge >= 0.3 is 18.2 Å². The van der Waals surface area contributed by atoms with Crippen LogP contribution in [0.4, 0.5) is 31.4 Å². The van der Waals surface area contributed by atoms with Crippen molar-refractivity contribution in [3.63, 3.8) is 0 Å². The zero-order chi connectivity index (χ0) is 85.5. The number of nitrogens with one attached hydrogen (secondary N) is 6. The first-order valence-electron chi connectivity index (χ1n) is 40.6. The summed E-state index contributed by atoms with van der Waals surface area (Å²) < 4.78 is 49.7. The average molecular weight is 1690 g/mol. The van der Waals surface area contributed by atoms with E-state index >= 15 is 9.59 Å². The molecular weight excluding hydrogens is 1560 g/mol. The Morgan fingerprint density at radius 3 is 1.75 bits per heavy atom. The molecule has 4 aliphatic rings. The van der Waals surface area contributed by atoms with Crippen LogP contribution in [0.3, 0.4) is 0 Å². The number of hydrogen-bond acceptors (Lipinski definition) is 20. The minimum atomic E-state index is -2.26. The van der Waals surface area contributed by atoms with Crippen LogP contribution in [0.2, 0.25) is 36.3 Å². The van der Waals surface area contributed by atoms with Crippen molar-refractivity contribution >= 4 is 115 Å². The molecule has 3 aliphatic heterocycles. The van der Waals surface area contributed by atoms with E-state index in [0.29, 0.717) is 80.8 Å². The van der Waals surface area contributed by atoms with E-state index in [1.54, 1.807) is 76.7 Å². The summed E-state index contributed by atoms with van der Waals surface area (Å²) in [5.41, 5.74) is 7.46. The largest absolute Gasteiger partial charge is 0.493 e.